The lowest BCUT2D eigenvalue weighted by Gasteiger charge is -2.33. The molecule has 2 aromatic rings. The summed E-state index contributed by atoms with van der Waals surface area (Å²) in [4.78, 5) is 10.7. The molecule has 0 aliphatic carbocycles. The third-order valence-corrected chi connectivity index (χ3v) is 4.34. The monoisotopic (exact) mass is 323 g/mol. The zero-order valence-electron chi connectivity index (χ0n) is 13.8. The van der Waals surface area contributed by atoms with Gasteiger partial charge in [0.2, 0.25) is 0 Å². The van der Waals surface area contributed by atoms with Crippen molar-refractivity contribution in [2.45, 2.75) is 25.4 Å². The minimum atomic E-state index is 0.404. The number of anilines is 1. The molecule has 0 amide bonds. The van der Waals surface area contributed by atoms with E-state index in [0.717, 1.165) is 49.4 Å². The quantitative estimate of drug-likeness (QED) is 0.908. The average molecular weight is 323 g/mol. The highest BCUT2D eigenvalue weighted by Crippen LogP contribution is 2.19. The standard InChI is InChI=1S/C18H21N5O/c1-24-18-20-9-6-17(22-18)23-10-7-16(8-11-23)21-13-15-5-3-2-4-14(15)12-19/h2-6,9,16,21H,7-8,10-11,13H2,1H3. The Hall–Kier alpha value is -2.65. The van der Waals surface area contributed by atoms with Crippen molar-refractivity contribution in [3.63, 3.8) is 0 Å². The van der Waals surface area contributed by atoms with E-state index in [4.69, 9.17) is 10.00 Å². The molecule has 1 aromatic carbocycles. The maximum absolute atomic E-state index is 9.15. The van der Waals surface area contributed by atoms with Crippen molar-refractivity contribution in [2.75, 3.05) is 25.1 Å². The Morgan fingerprint density at radius 3 is 2.83 bits per heavy atom. The number of nitrogens with one attached hydrogen (secondary N) is 1. The van der Waals surface area contributed by atoms with Gasteiger partial charge in [-0.15, -0.1) is 0 Å². The first-order valence-electron chi connectivity index (χ1n) is 8.13. The van der Waals surface area contributed by atoms with Crippen LogP contribution in [0.15, 0.2) is 36.5 Å². The molecule has 2 heterocycles. The minimum absolute atomic E-state index is 0.404. The van der Waals surface area contributed by atoms with E-state index in [1.165, 1.54) is 0 Å². The van der Waals surface area contributed by atoms with Gasteiger partial charge in [-0.25, -0.2) is 4.98 Å². The van der Waals surface area contributed by atoms with E-state index < -0.39 is 0 Å². The highest BCUT2D eigenvalue weighted by atomic mass is 16.5. The van der Waals surface area contributed by atoms with Gasteiger partial charge >= 0.3 is 6.01 Å². The molecule has 0 unspecified atom stereocenters. The number of aromatic nitrogens is 2. The molecular formula is C18H21N5O. The number of rotatable bonds is 5. The van der Waals surface area contributed by atoms with Crippen molar-refractivity contribution in [1.29, 1.82) is 5.26 Å². The fourth-order valence-corrected chi connectivity index (χ4v) is 2.96. The fourth-order valence-electron chi connectivity index (χ4n) is 2.96. The van der Waals surface area contributed by atoms with E-state index in [-0.39, 0.29) is 0 Å². The van der Waals surface area contributed by atoms with Crippen LogP contribution in [-0.2, 0) is 6.54 Å². The maximum Gasteiger partial charge on any atom is 0.318 e. The van der Waals surface area contributed by atoms with Gasteiger partial charge in [0.15, 0.2) is 0 Å². The second kappa shape index (κ2) is 7.75. The summed E-state index contributed by atoms with van der Waals surface area (Å²) in [6.07, 6.45) is 3.81. The molecule has 6 heteroatoms. The fraction of sp³-hybridized carbons (Fsp3) is 0.389. The van der Waals surface area contributed by atoms with Crippen LogP contribution in [0.5, 0.6) is 6.01 Å². The Morgan fingerprint density at radius 1 is 1.29 bits per heavy atom. The van der Waals surface area contributed by atoms with Gasteiger partial charge in [0, 0.05) is 31.9 Å². The Labute approximate surface area is 142 Å². The number of methoxy groups -OCH3 is 1. The van der Waals surface area contributed by atoms with E-state index in [1.807, 2.05) is 30.3 Å². The number of ether oxygens (including phenoxy) is 1. The van der Waals surface area contributed by atoms with Crippen LogP contribution in [-0.4, -0.2) is 36.2 Å². The Bertz CT molecular complexity index is 719. The summed E-state index contributed by atoms with van der Waals surface area (Å²) in [5.74, 6) is 0.912. The predicted molar refractivity (Wildman–Crippen MR) is 91.8 cm³/mol. The van der Waals surface area contributed by atoms with Crippen molar-refractivity contribution in [1.82, 2.24) is 15.3 Å². The molecule has 124 valence electrons. The number of nitrogens with zero attached hydrogens (tertiary/aromatic N) is 4. The topological polar surface area (TPSA) is 74.1 Å². The van der Waals surface area contributed by atoms with Gasteiger partial charge in [-0.3, -0.25) is 0 Å². The lowest BCUT2D eigenvalue weighted by Crippen LogP contribution is -2.42. The number of nitriles is 1. The molecule has 24 heavy (non-hydrogen) atoms. The molecule has 0 saturated carbocycles. The summed E-state index contributed by atoms with van der Waals surface area (Å²) in [6, 6.07) is 12.8. The number of piperidine rings is 1. The second-order valence-electron chi connectivity index (χ2n) is 5.81. The molecular weight excluding hydrogens is 302 g/mol. The van der Waals surface area contributed by atoms with Gasteiger partial charge < -0.3 is 15.0 Å². The normalized spacial score (nSPS) is 15.1. The molecule has 3 rings (SSSR count). The first-order valence-corrected chi connectivity index (χ1v) is 8.13. The average Bonchev–Trinajstić information content (AvgIpc) is 2.67. The lowest BCUT2D eigenvalue weighted by molar-refractivity contribution is 0.377. The van der Waals surface area contributed by atoms with Gasteiger partial charge in [-0.2, -0.15) is 10.2 Å². The summed E-state index contributed by atoms with van der Waals surface area (Å²) < 4.78 is 5.09. The lowest BCUT2D eigenvalue weighted by atomic mass is 10.0. The summed E-state index contributed by atoms with van der Waals surface area (Å²) in [6.45, 7) is 2.62. The van der Waals surface area contributed by atoms with Crippen LogP contribution in [0.4, 0.5) is 5.82 Å². The van der Waals surface area contributed by atoms with Crippen molar-refractivity contribution >= 4 is 5.82 Å². The third kappa shape index (κ3) is 3.81. The van der Waals surface area contributed by atoms with E-state index in [2.05, 4.69) is 26.3 Å². The van der Waals surface area contributed by atoms with Gasteiger partial charge in [0.1, 0.15) is 5.82 Å². The molecule has 6 nitrogen and oxygen atoms in total. The van der Waals surface area contributed by atoms with Crippen molar-refractivity contribution in [3.05, 3.63) is 47.7 Å². The third-order valence-electron chi connectivity index (χ3n) is 4.34. The molecule has 1 aliphatic heterocycles. The van der Waals surface area contributed by atoms with Crippen LogP contribution in [0.3, 0.4) is 0 Å². The highest BCUT2D eigenvalue weighted by molar-refractivity contribution is 5.39. The first-order chi connectivity index (χ1) is 11.8. The molecule has 0 radical (unpaired) electrons. The molecule has 0 bridgehead atoms. The van der Waals surface area contributed by atoms with E-state index >= 15 is 0 Å². The highest BCUT2D eigenvalue weighted by Gasteiger charge is 2.20. The molecule has 1 saturated heterocycles. The van der Waals surface area contributed by atoms with Crippen LogP contribution in [0, 0.1) is 11.3 Å². The van der Waals surface area contributed by atoms with Gasteiger partial charge in [0.05, 0.1) is 18.7 Å². The zero-order valence-corrected chi connectivity index (χ0v) is 13.8. The van der Waals surface area contributed by atoms with Crippen LogP contribution < -0.4 is 15.0 Å². The predicted octanol–water partition coefficient (Wildman–Crippen LogP) is 2.12. The van der Waals surface area contributed by atoms with E-state index in [0.29, 0.717) is 12.1 Å². The van der Waals surface area contributed by atoms with Crippen LogP contribution in [0.2, 0.25) is 0 Å². The SMILES string of the molecule is COc1nccc(N2CCC(NCc3ccccc3C#N)CC2)n1. The summed E-state index contributed by atoms with van der Waals surface area (Å²) in [5.41, 5.74) is 1.80. The van der Waals surface area contributed by atoms with Gasteiger partial charge in [0.25, 0.3) is 0 Å². The summed E-state index contributed by atoms with van der Waals surface area (Å²) >= 11 is 0. The molecule has 1 aliphatic rings. The Morgan fingerprint density at radius 2 is 2.08 bits per heavy atom. The molecule has 1 fully saturated rings. The van der Waals surface area contributed by atoms with Crippen molar-refractivity contribution < 1.29 is 4.74 Å². The maximum atomic E-state index is 9.15. The van der Waals surface area contributed by atoms with E-state index in [9.17, 15) is 0 Å². The van der Waals surface area contributed by atoms with Crippen LogP contribution in [0.25, 0.3) is 0 Å². The largest absolute Gasteiger partial charge is 0.467 e. The minimum Gasteiger partial charge on any atom is -0.467 e. The molecule has 1 N–H and O–H groups in total. The van der Waals surface area contributed by atoms with Gasteiger partial charge in [-0.1, -0.05) is 18.2 Å². The zero-order chi connectivity index (χ0) is 16.8. The number of hydrogen-bond donors (Lipinski definition) is 1. The number of hydrogen-bond acceptors (Lipinski definition) is 6. The molecule has 0 spiro atoms. The smallest absolute Gasteiger partial charge is 0.318 e. The van der Waals surface area contributed by atoms with Crippen LogP contribution >= 0.6 is 0 Å². The van der Waals surface area contributed by atoms with Crippen molar-refractivity contribution in [3.8, 4) is 12.1 Å². The molecule has 0 atom stereocenters. The van der Waals surface area contributed by atoms with Crippen molar-refractivity contribution in [2.24, 2.45) is 0 Å². The second-order valence-corrected chi connectivity index (χ2v) is 5.81. The molecule has 1 aromatic heterocycles. The number of benzene rings is 1. The first kappa shape index (κ1) is 16.2. The van der Waals surface area contributed by atoms with Gasteiger partial charge in [-0.05, 0) is 30.5 Å². The summed E-state index contributed by atoms with van der Waals surface area (Å²) in [5, 5.41) is 12.7. The summed E-state index contributed by atoms with van der Waals surface area (Å²) in [7, 11) is 1.58. The Balaban J connectivity index is 1.53. The Kier molecular flexibility index (Phi) is 5.24. The van der Waals surface area contributed by atoms with E-state index in [1.54, 1.807) is 13.3 Å². The van der Waals surface area contributed by atoms with Crippen LogP contribution in [0.1, 0.15) is 24.0 Å².